The van der Waals surface area contributed by atoms with Crippen LogP contribution in [0.1, 0.15) is 27.2 Å². The molecule has 0 aliphatic heterocycles. The standard InChI is InChI=1S/C23H20ClN5O/c1-15-7-8-19(13-16(15)2)29-22(17-9-11-25-12-10-17)21(27-28-29)23(30)26-14-18-5-3-4-6-20(18)24/h3-13H,14H2,1-2H3,(H,26,30). The maximum atomic E-state index is 13.0. The molecular formula is C23H20ClN5O. The Bertz CT molecular complexity index is 1200. The van der Waals surface area contributed by atoms with Gasteiger partial charge in [-0.2, -0.15) is 0 Å². The molecule has 0 saturated carbocycles. The first-order valence-corrected chi connectivity index (χ1v) is 9.87. The van der Waals surface area contributed by atoms with Crippen molar-refractivity contribution >= 4 is 17.5 Å². The van der Waals surface area contributed by atoms with Gasteiger partial charge in [0, 0.05) is 29.5 Å². The first-order chi connectivity index (χ1) is 14.5. The number of benzene rings is 2. The van der Waals surface area contributed by atoms with E-state index in [1.54, 1.807) is 23.1 Å². The first kappa shape index (κ1) is 19.8. The number of hydrogen-bond acceptors (Lipinski definition) is 4. The number of carbonyl (C=O) groups is 1. The Labute approximate surface area is 179 Å². The highest BCUT2D eigenvalue weighted by atomic mass is 35.5. The molecule has 0 saturated heterocycles. The van der Waals surface area contributed by atoms with Crippen LogP contribution < -0.4 is 5.32 Å². The predicted molar refractivity (Wildman–Crippen MR) is 117 cm³/mol. The van der Waals surface area contributed by atoms with Gasteiger partial charge in [0.1, 0.15) is 5.69 Å². The summed E-state index contributed by atoms with van der Waals surface area (Å²) in [5.41, 5.74) is 5.64. The Morgan fingerprint density at radius 3 is 2.53 bits per heavy atom. The lowest BCUT2D eigenvalue weighted by Gasteiger charge is -2.10. The summed E-state index contributed by atoms with van der Waals surface area (Å²) < 4.78 is 1.69. The Morgan fingerprint density at radius 1 is 1.03 bits per heavy atom. The molecule has 30 heavy (non-hydrogen) atoms. The second-order valence-electron chi connectivity index (χ2n) is 6.98. The Balaban J connectivity index is 1.73. The van der Waals surface area contributed by atoms with Crippen molar-refractivity contribution in [2.45, 2.75) is 20.4 Å². The van der Waals surface area contributed by atoms with Gasteiger partial charge in [0.05, 0.1) is 5.69 Å². The van der Waals surface area contributed by atoms with Gasteiger partial charge in [0.2, 0.25) is 0 Å². The molecule has 2 aromatic carbocycles. The number of aromatic nitrogens is 4. The summed E-state index contributed by atoms with van der Waals surface area (Å²) in [5, 5.41) is 12.0. The average molecular weight is 418 g/mol. The molecule has 150 valence electrons. The lowest BCUT2D eigenvalue weighted by atomic mass is 10.1. The van der Waals surface area contributed by atoms with Gasteiger partial charge in [-0.1, -0.05) is 41.1 Å². The molecule has 0 fully saturated rings. The maximum absolute atomic E-state index is 13.0. The maximum Gasteiger partial charge on any atom is 0.274 e. The zero-order chi connectivity index (χ0) is 21.1. The zero-order valence-electron chi connectivity index (χ0n) is 16.6. The number of halogens is 1. The fourth-order valence-corrected chi connectivity index (χ4v) is 3.35. The third-order valence-electron chi connectivity index (χ3n) is 4.97. The van der Waals surface area contributed by atoms with Crippen molar-refractivity contribution in [1.82, 2.24) is 25.3 Å². The van der Waals surface area contributed by atoms with E-state index >= 15 is 0 Å². The third kappa shape index (κ3) is 3.95. The molecule has 0 unspecified atom stereocenters. The van der Waals surface area contributed by atoms with Crippen LogP contribution in [0.5, 0.6) is 0 Å². The molecule has 6 nitrogen and oxygen atoms in total. The van der Waals surface area contributed by atoms with Gasteiger partial charge in [0.25, 0.3) is 5.91 Å². The number of rotatable bonds is 5. The summed E-state index contributed by atoms with van der Waals surface area (Å²) in [4.78, 5) is 17.1. The van der Waals surface area contributed by atoms with E-state index in [9.17, 15) is 4.79 Å². The van der Waals surface area contributed by atoms with Crippen LogP contribution in [-0.2, 0) is 6.54 Å². The molecule has 7 heteroatoms. The SMILES string of the molecule is Cc1ccc(-n2nnc(C(=O)NCc3ccccc3Cl)c2-c2ccncc2)cc1C. The van der Waals surface area contributed by atoms with E-state index in [0.29, 0.717) is 17.3 Å². The van der Waals surface area contributed by atoms with Crippen LogP contribution in [-0.4, -0.2) is 25.9 Å². The molecule has 4 aromatic rings. The minimum Gasteiger partial charge on any atom is -0.346 e. The second-order valence-corrected chi connectivity index (χ2v) is 7.38. The number of hydrogen-bond donors (Lipinski definition) is 1. The summed E-state index contributed by atoms with van der Waals surface area (Å²) >= 11 is 6.20. The lowest BCUT2D eigenvalue weighted by molar-refractivity contribution is 0.0946. The number of nitrogens with one attached hydrogen (secondary N) is 1. The minimum atomic E-state index is -0.322. The van der Waals surface area contributed by atoms with Crippen molar-refractivity contribution in [2.75, 3.05) is 0 Å². The topological polar surface area (TPSA) is 72.7 Å². The van der Waals surface area contributed by atoms with Gasteiger partial charge in [-0.15, -0.1) is 5.10 Å². The van der Waals surface area contributed by atoms with Crippen molar-refractivity contribution in [3.05, 3.63) is 94.4 Å². The van der Waals surface area contributed by atoms with Gasteiger partial charge in [0.15, 0.2) is 5.69 Å². The molecular weight excluding hydrogens is 398 g/mol. The van der Waals surface area contributed by atoms with Crippen LogP contribution in [0, 0.1) is 13.8 Å². The first-order valence-electron chi connectivity index (χ1n) is 9.50. The number of pyridine rings is 1. The van der Waals surface area contributed by atoms with E-state index in [1.165, 1.54) is 5.56 Å². The van der Waals surface area contributed by atoms with Crippen LogP contribution >= 0.6 is 11.6 Å². The molecule has 2 aromatic heterocycles. The van der Waals surface area contributed by atoms with Crippen LogP contribution in [0.15, 0.2) is 67.0 Å². The molecule has 0 radical (unpaired) electrons. The highest BCUT2D eigenvalue weighted by molar-refractivity contribution is 6.31. The number of amides is 1. The summed E-state index contributed by atoms with van der Waals surface area (Å²) in [7, 11) is 0. The van der Waals surface area contributed by atoms with E-state index in [2.05, 4.69) is 27.5 Å². The predicted octanol–water partition coefficient (Wildman–Crippen LogP) is 4.53. The van der Waals surface area contributed by atoms with E-state index in [4.69, 9.17) is 11.6 Å². The Morgan fingerprint density at radius 2 is 1.80 bits per heavy atom. The number of nitrogens with zero attached hydrogens (tertiary/aromatic N) is 4. The van der Waals surface area contributed by atoms with E-state index in [-0.39, 0.29) is 11.6 Å². The number of aryl methyl sites for hydroxylation is 2. The highest BCUT2D eigenvalue weighted by Gasteiger charge is 2.22. The third-order valence-corrected chi connectivity index (χ3v) is 5.34. The summed E-state index contributed by atoms with van der Waals surface area (Å²) in [6, 6.07) is 17.1. The van der Waals surface area contributed by atoms with Crippen LogP contribution in [0.4, 0.5) is 0 Å². The Kier molecular flexibility index (Phi) is 5.59. The summed E-state index contributed by atoms with van der Waals surface area (Å²) in [5.74, 6) is -0.322. The fourth-order valence-electron chi connectivity index (χ4n) is 3.14. The van der Waals surface area contributed by atoms with Crippen molar-refractivity contribution in [2.24, 2.45) is 0 Å². The van der Waals surface area contributed by atoms with Crippen molar-refractivity contribution < 1.29 is 4.79 Å². The van der Waals surface area contributed by atoms with Gasteiger partial charge in [-0.3, -0.25) is 9.78 Å². The van der Waals surface area contributed by atoms with Crippen LogP contribution in [0.25, 0.3) is 16.9 Å². The molecule has 1 amide bonds. The zero-order valence-corrected chi connectivity index (χ0v) is 17.4. The van der Waals surface area contributed by atoms with Crippen molar-refractivity contribution in [3.8, 4) is 16.9 Å². The van der Waals surface area contributed by atoms with Crippen molar-refractivity contribution in [1.29, 1.82) is 0 Å². The summed E-state index contributed by atoms with van der Waals surface area (Å²) in [6.07, 6.45) is 3.36. The summed E-state index contributed by atoms with van der Waals surface area (Å²) in [6.45, 7) is 4.39. The van der Waals surface area contributed by atoms with Gasteiger partial charge < -0.3 is 5.32 Å². The highest BCUT2D eigenvalue weighted by Crippen LogP contribution is 2.26. The molecule has 0 aliphatic carbocycles. The van der Waals surface area contributed by atoms with Gasteiger partial charge >= 0.3 is 0 Å². The monoisotopic (exact) mass is 417 g/mol. The second kappa shape index (κ2) is 8.47. The normalized spacial score (nSPS) is 10.8. The van der Waals surface area contributed by atoms with Crippen LogP contribution in [0.3, 0.4) is 0 Å². The largest absolute Gasteiger partial charge is 0.346 e. The van der Waals surface area contributed by atoms with Crippen molar-refractivity contribution in [3.63, 3.8) is 0 Å². The molecule has 2 heterocycles. The average Bonchev–Trinajstić information content (AvgIpc) is 3.21. The van der Waals surface area contributed by atoms with E-state index in [1.807, 2.05) is 55.5 Å². The molecule has 0 spiro atoms. The number of carbonyl (C=O) groups excluding carboxylic acids is 1. The minimum absolute atomic E-state index is 0.242. The van der Waals surface area contributed by atoms with Gasteiger partial charge in [-0.25, -0.2) is 4.68 Å². The van der Waals surface area contributed by atoms with E-state index < -0.39 is 0 Å². The molecule has 4 rings (SSSR count). The fraction of sp³-hybridized carbons (Fsp3) is 0.130. The molecule has 0 bridgehead atoms. The quantitative estimate of drug-likeness (QED) is 0.517. The smallest absolute Gasteiger partial charge is 0.274 e. The van der Waals surface area contributed by atoms with Crippen LogP contribution in [0.2, 0.25) is 5.02 Å². The molecule has 0 atom stereocenters. The molecule has 1 N–H and O–H groups in total. The lowest BCUT2D eigenvalue weighted by Crippen LogP contribution is -2.24. The Hall–Kier alpha value is -3.51. The molecule has 0 aliphatic rings. The van der Waals surface area contributed by atoms with E-state index in [0.717, 1.165) is 22.4 Å². The van der Waals surface area contributed by atoms with Gasteiger partial charge in [-0.05, 0) is 60.9 Å².